The summed E-state index contributed by atoms with van der Waals surface area (Å²) in [5, 5.41) is 14.9. The van der Waals surface area contributed by atoms with Crippen LogP contribution in [0.4, 0.5) is 5.82 Å². The van der Waals surface area contributed by atoms with Crippen molar-refractivity contribution in [1.82, 2.24) is 24.9 Å². The molecule has 3 heterocycles. The van der Waals surface area contributed by atoms with Gasteiger partial charge < -0.3 is 10.6 Å². The molecular formula is C15H22N6O. The minimum absolute atomic E-state index is 0.191. The lowest BCUT2D eigenvalue weighted by atomic mass is 10.1. The predicted octanol–water partition coefficient (Wildman–Crippen LogP) is 1.84. The summed E-state index contributed by atoms with van der Waals surface area (Å²) < 4.78 is 3.67. The van der Waals surface area contributed by atoms with Gasteiger partial charge in [-0.15, -0.1) is 0 Å². The molecule has 22 heavy (non-hydrogen) atoms. The fourth-order valence-corrected chi connectivity index (χ4v) is 2.73. The van der Waals surface area contributed by atoms with E-state index in [9.17, 15) is 4.79 Å². The molecule has 1 aliphatic rings. The van der Waals surface area contributed by atoms with Crippen molar-refractivity contribution in [3.63, 3.8) is 0 Å². The number of carbonyl (C=O) groups is 1. The van der Waals surface area contributed by atoms with Gasteiger partial charge in [-0.05, 0) is 39.3 Å². The van der Waals surface area contributed by atoms with E-state index in [1.165, 1.54) is 0 Å². The number of carbonyl (C=O) groups excluding carboxylic acids is 1. The summed E-state index contributed by atoms with van der Waals surface area (Å²) in [7, 11) is 0. The molecule has 1 amide bonds. The molecule has 0 aromatic carbocycles. The van der Waals surface area contributed by atoms with E-state index >= 15 is 0 Å². The molecule has 1 unspecified atom stereocenters. The summed E-state index contributed by atoms with van der Waals surface area (Å²) in [6, 6.07) is 4.08. The number of aromatic nitrogens is 4. The lowest BCUT2D eigenvalue weighted by Crippen LogP contribution is -2.32. The van der Waals surface area contributed by atoms with Crippen LogP contribution in [0.3, 0.4) is 0 Å². The van der Waals surface area contributed by atoms with E-state index in [0.29, 0.717) is 17.6 Å². The molecule has 0 saturated carbocycles. The number of rotatable bonds is 4. The van der Waals surface area contributed by atoms with Crippen molar-refractivity contribution in [3.05, 3.63) is 30.2 Å². The number of hydrogen-bond donors (Lipinski definition) is 2. The molecule has 7 heteroatoms. The number of hydrogen-bond acceptors (Lipinski definition) is 4. The monoisotopic (exact) mass is 302 g/mol. The minimum atomic E-state index is -0.204. The number of amides is 1. The van der Waals surface area contributed by atoms with Crippen molar-refractivity contribution in [1.29, 1.82) is 0 Å². The van der Waals surface area contributed by atoms with Crippen molar-refractivity contribution < 1.29 is 4.79 Å². The van der Waals surface area contributed by atoms with Gasteiger partial charge in [0.2, 0.25) is 0 Å². The highest BCUT2D eigenvalue weighted by Gasteiger charge is 2.18. The first kappa shape index (κ1) is 14.8. The summed E-state index contributed by atoms with van der Waals surface area (Å²) in [6.07, 6.45) is 5.80. The maximum atomic E-state index is 12.3. The largest absolute Gasteiger partial charge is 0.315 e. The van der Waals surface area contributed by atoms with Crippen LogP contribution in [0.25, 0.3) is 0 Å². The van der Waals surface area contributed by atoms with Gasteiger partial charge >= 0.3 is 0 Å². The molecule has 2 aromatic heterocycles. The molecule has 1 atom stereocenters. The first-order valence-electron chi connectivity index (χ1n) is 7.76. The summed E-state index contributed by atoms with van der Waals surface area (Å²) >= 11 is 0. The van der Waals surface area contributed by atoms with Crippen LogP contribution in [-0.4, -0.2) is 38.6 Å². The van der Waals surface area contributed by atoms with Crippen LogP contribution in [0.2, 0.25) is 0 Å². The van der Waals surface area contributed by atoms with Gasteiger partial charge in [0.05, 0.1) is 12.2 Å². The molecule has 1 aliphatic heterocycles. The number of nitrogens with zero attached hydrogens (tertiary/aromatic N) is 4. The predicted molar refractivity (Wildman–Crippen MR) is 83.9 cm³/mol. The molecule has 2 aromatic rings. The van der Waals surface area contributed by atoms with Crippen molar-refractivity contribution in [2.45, 2.75) is 38.8 Å². The molecule has 118 valence electrons. The first-order valence-corrected chi connectivity index (χ1v) is 7.76. The SMILES string of the molecule is CC(C)n1nccc1NC(=O)c1ccn(C2CCCNC2)n1. The van der Waals surface area contributed by atoms with E-state index in [0.717, 1.165) is 25.9 Å². The fourth-order valence-electron chi connectivity index (χ4n) is 2.73. The van der Waals surface area contributed by atoms with Crippen molar-refractivity contribution in [2.24, 2.45) is 0 Å². The lowest BCUT2D eigenvalue weighted by molar-refractivity contribution is 0.102. The smallest absolute Gasteiger partial charge is 0.277 e. The van der Waals surface area contributed by atoms with Crippen molar-refractivity contribution in [2.75, 3.05) is 18.4 Å². The summed E-state index contributed by atoms with van der Waals surface area (Å²) in [6.45, 7) is 6.01. The zero-order chi connectivity index (χ0) is 15.5. The zero-order valence-corrected chi connectivity index (χ0v) is 13.0. The molecule has 7 nitrogen and oxygen atoms in total. The van der Waals surface area contributed by atoms with Gasteiger partial charge in [-0.25, -0.2) is 4.68 Å². The topological polar surface area (TPSA) is 76.8 Å². The summed E-state index contributed by atoms with van der Waals surface area (Å²) in [5.41, 5.74) is 0.432. The second-order valence-corrected chi connectivity index (χ2v) is 5.89. The average Bonchev–Trinajstić information content (AvgIpc) is 3.17. The molecule has 0 aliphatic carbocycles. The van der Waals surface area contributed by atoms with E-state index in [1.54, 1.807) is 23.0 Å². The first-order chi connectivity index (χ1) is 10.6. The second-order valence-electron chi connectivity index (χ2n) is 5.89. The van der Waals surface area contributed by atoms with Gasteiger partial charge in [0.15, 0.2) is 5.69 Å². The third-order valence-electron chi connectivity index (χ3n) is 3.89. The maximum Gasteiger partial charge on any atom is 0.277 e. The van der Waals surface area contributed by atoms with Crippen LogP contribution in [0, 0.1) is 0 Å². The van der Waals surface area contributed by atoms with Crippen molar-refractivity contribution >= 4 is 11.7 Å². The number of anilines is 1. The normalized spacial score (nSPS) is 18.6. The second kappa shape index (κ2) is 6.31. The van der Waals surface area contributed by atoms with Gasteiger partial charge in [-0.3, -0.25) is 9.48 Å². The average molecular weight is 302 g/mol. The van der Waals surface area contributed by atoms with E-state index in [2.05, 4.69) is 20.8 Å². The van der Waals surface area contributed by atoms with E-state index in [4.69, 9.17) is 0 Å². The zero-order valence-electron chi connectivity index (χ0n) is 13.0. The summed E-state index contributed by atoms with van der Waals surface area (Å²) in [5.74, 6) is 0.485. The summed E-state index contributed by atoms with van der Waals surface area (Å²) in [4.78, 5) is 12.3. The number of piperidine rings is 1. The Morgan fingerprint density at radius 2 is 2.32 bits per heavy atom. The van der Waals surface area contributed by atoms with Crippen molar-refractivity contribution in [3.8, 4) is 0 Å². The fraction of sp³-hybridized carbons (Fsp3) is 0.533. The highest BCUT2D eigenvalue weighted by Crippen LogP contribution is 2.17. The van der Waals surface area contributed by atoms with Gasteiger partial charge in [0.25, 0.3) is 5.91 Å². The Morgan fingerprint density at radius 1 is 1.45 bits per heavy atom. The minimum Gasteiger partial charge on any atom is -0.315 e. The lowest BCUT2D eigenvalue weighted by Gasteiger charge is -2.22. The van der Waals surface area contributed by atoms with Gasteiger partial charge in [-0.1, -0.05) is 0 Å². The van der Waals surface area contributed by atoms with Crippen LogP contribution < -0.4 is 10.6 Å². The Bertz CT molecular complexity index is 638. The molecule has 2 N–H and O–H groups in total. The molecule has 1 fully saturated rings. The molecule has 0 bridgehead atoms. The Hall–Kier alpha value is -2.15. The molecule has 1 saturated heterocycles. The van der Waals surface area contributed by atoms with Crippen LogP contribution >= 0.6 is 0 Å². The Labute approximate surface area is 129 Å². The van der Waals surface area contributed by atoms with Crippen LogP contribution in [0.15, 0.2) is 24.5 Å². The quantitative estimate of drug-likeness (QED) is 0.903. The molecular weight excluding hydrogens is 280 g/mol. The highest BCUT2D eigenvalue weighted by atomic mass is 16.2. The number of nitrogens with one attached hydrogen (secondary N) is 2. The molecule has 3 rings (SSSR count). The van der Waals surface area contributed by atoms with E-state index in [1.807, 2.05) is 24.7 Å². The maximum absolute atomic E-state index is 12.3. The van der Waals surface area contributed by atoms with Gasteiger partial charge in [0.1, 0.15) is 5.82 Å². The third kappa shape index (κ3) is 3.04. The Balaban J connectivity index is 1.70. The standard InChI is InChI=1S/C15H22N6O/c1-11(2)21-14(5-8-17-21)18-15(22)13-6-9-20(19-13)12-4-3-7-16-10-12/h5-6,8-9,11-12,16H,3-4,7,10H2,1-2H3,(H,18,22). The van der Waals surface area contributed by atoms with E-state index < -0.39 is 0 Å². The van der Waals surface area contributed by atoms with Gasteiger partial charge in [0, 0.05) is 24.8 Å². The molecule has 0 radical (unpaired) electrons. The van der Waals surface area contributed by atoms with Crippen LogP contribution in [0.5, 0.6) is 0 Å². The third-order valence-corrected chi connectivity index (χ3v) is 3.89. The molecule has 0 spiro atoms. The van der Waals surface area contributed by atoms with E-state index in [-0.39, 0.29) is 11.9 Å². The Morgan fingerprint density at radius 3 is 3.05 bits per heavy atom. The van der Waals surface area contributed by atoms with Gasteiger partial charge in [-0.2, -0.15) is 10.2 Å². The van der Waals surface area contributed by atoms with Crippen LogP contribution in [0.1, 0.15) is 49.3 Å². The highest BCUT2D eigenvalue weighted by molar-refractivity contribution is 6.02. The van der Waals surface area contributed by atoms with Crippen LogP contribution in [-0.2, 0) is 0 Å². The Kier molecular flexibility index (Phi) is 4.24.